The summed E-state index contributed by atoms with van der Waals surface area (Å²) in [6, 6.07) is 12.0. The van der Waals surface area contributed by atoms with Crippen LogP contribution in [0.25, 0.3) is 0 Å². The number of rotatable bonds is 5. The summed E-state index contributed by atoms with van der Waals surface area (Å²) in [7, 11) is 0. The molecule has 3 nitrogen and oxygen atoms in total. The van der Waals surface area contributed by atoms with Gasteiger partial charge in [-0.25, -0.2) is 13.6 Å². The van der Waals surface area contributed by atoms with E-state index in [4.69, 9.17) is 4.74 Å². The van der Waals surface area contributed by atoms with Crippen molar-refractivity contribution in [2.75, 3.05) is 11.4 Å². The summed E-state index contributed by atoms with van der Waals surface area (Å²) in [5, 5.41) is 0. The first-order valence-electron chi connectivity index (χ1n) is 6.65. The van der Waals surface area contributed by atoms with Crippen molar-refractivity contribution in [3.63, 3.8) is 0 Å². The maximum Gasteiger partial charge on any atom is 0.414 e. The lowest BCUT2D eigenvalue weighted by atomic mass is 10.2. The molecule has 0 unspecified atom stereocenters. The van der Waals surface area contributed by atoms with E-state index >= 15 is 0 Å². The molecule has 0 aliphatic rings. The van der Waals surface area contributed by atoms with Gasteiger partial charge >= 0.3 is 6.09 Å². The molecule has 0 aromatic heterocycles. The van der Waals surface area contributed by atoms with Gasteiger partial charge in [-0.2, -0.15) is 0 Å². The number of anilines is 1. The lowest BCUT2D eigenvalue weighted by Crippen LogP contribution is -2.31. The average Bonchev–Trinajstić information content (AvgIpc) is 2.50. The number of amides is 1. The van der Waals surface area contributed by atoms with E-state index in [-0.39, 0.29) is 18.8 Å². The zero-order chi connectivity index (χ0) is 15.9. The van der Waals surface area contributed by atoms with Crippen LogP contribution in [0.1, 0.15) is 5.56 Å². The van der Waals surface area contributed by atoms with Gasteiger partial charge in [-0.15, -0.1) is 6.58 Å². The predicted molar refractivity (Wildman–Crippen MR) is 80.5 cm³/mol. The number of hydrogen-bond acceptors (Lipinski definition) is 2. The van der Waals surface area contributed by atoms with E-state index in [0.29, 0.717) is 0 Å². The molecule has 2 rings (SSSR count). The molecule has 0 heterocycles. The van der Waals surface area contributed by atoms with Crippen LogP contribution in [0.4, 0.5) is 19.3 Å². The van der Waals surface area contributed by atoms with Gasteiger partial charge in [0.2, 0.25) is 0 Å². The highest BCUT2D eigenvalue weighted by Gasteiger charge is 2.17. The van der Waals surface area contributed by atoms with Gasteiger partial charge < -0.3 is 4.74 Å². The van der Waals surface area contributed by atoms with Gasteiger partial charge in [0.15, 0.2) is 0 Å². The number of carbonyl (C=O) groups excluding carboxylic acids is 1. The topological polar surface area (TPSA) is 29.5 Å². The molecule has 2 aromatic rings. The van der Waals surface area contributed by atoms with E-state index < -0.39 is 17.7 Å². The Morgan fingerprint density at radius 3 is 2.36 bits per heavy atom. The van der Waals surface area contributed by atoms with Crippen molar-refractivity contribution in [3.8, 4) is 0 Å². The zero-order valence-corrected chi connectivity index (χ0v) is 11.8. The smallest absolute Gasteiger partial charge is 0.414 e. The lowest BCUT2D eigenvalue weighted by Gasteiger charge is -2.21. The molecule has 114 valence electrons. The fraction of sp³-hybridized carbons (Fsp3) is 0.118. The normalized spacial score (nSPS) is 10.1. The first kappa shape index (κ1) is 15.7. The number of halogens is 2. The molecule has 0 N–H and O–H groups in total. The summed E-state index contributed by atoms with van der Waals surface area (Å²) in [5.41, 5.74) is 0.898. The summed E-state index contributed by atoms with van der Waals surface area (Å²) in [6.07, 6.45) is 0.751. The second-order valence-electron chi connectivity index (χ2n) is 4.57. The molecule has 0 aliphatic heterocycles. The van der Waals surface area contributed by atoms with Crippen LogP contribution in [0.5, 0.6) is 0 Å². The van der Waals surface area contributed by atoms with Crippen LogP contribution < -0.4 is 4.90 Å². The highest BCUT2D eigenvalue weighted by molar-refractivity contribution is 5.87. The van der Waals surface area contributed by atoms with Gasteiger partial charge in [0.05, 0.1) is 5.69 Å². The molecule has 0 spiro atoms. The first-order chi connectivity index (χ1) is 10.6. The molecule has 0 bridgehead atoms. The third-order valence-electron chi connectivity index (χ3n) is 2.90. The quantitative estimate of drug-likeness (QED) is 0.771. The summed E-state index contributed by atoms with van der Waals surface area (Å²) in [4.78, 5) is 13.3. The predicted octanol–water partition coefficient (Wildman–Crippen LogP) is 4.29. The van der Waals surface area contributed by atoms with E-state index in [2.05, 4.69) is 6.58 Å². The fourth-order valence-corrected chi connectivity index (χ4v) is 1.91. The highest BCUT2D eigenvalue weighted by atomic mass is 19.1. The number of benzene rings is 2. The first-order valence-corrected chi connectivity index (χ1v) is 6.65. The Kier molecular flexibility index (Phi) is 5.25. The Balaban J connectivity index is 2.12. The Morgan fingerprint density at radius 2 is 1.77 bits per heavy atom. The van der Waals surface area contributed by atoms with Crippen LogP contribution in [-0.4, -0.2) is 12.6 Å². The SMILES string of the molecule is C=CCN(C(=O)OCc1ccccc1)c1cc(F)cc(F)c1. The number of ether oxygens (including phenoxy) is 1. The molecule has 0 aliphatic carbocycles. The van der Waals surface area contributed by atoms with Crippen LogP contribution in [0, 0.1) is 11.6 Å². The molecular formula is C17H15F2NO2. The minimum atomic E-state index is -0.764. The van der Waals surface area contributed by atoms with Gasteiger partial charge in [0.25, 0.3) is 0 Å². The van der Waals surface area contributed by atoms with Gasteiger partial charge in [-0.3, -0.25) is 4.90 Å². The molecule has 0 saturated carbocycles. The minimum Gasteiger partial charge on any atom is -0.444 e. The van der Waals surface area contributed by atoms with Crippen molar-refractivity contribution in [3.05, 3.63) is 78.4 Å². The Hall–Kier alpha value is -2.69. The zero-order valence-electron chi connectivity index (χ0n) is 11.8. The standard InChI is InChI=1S/C17H15F2NO2/c1-2-8-20(16-10-14(18)9-15(19)11-16)17(21)22-12-13-6-4-3-5-7-13/h2-7,9-11H,1,8,12H2. The van der Waals surface area contributed by atoms with Crippen LogP contribution in [0.2, 0.25) is 0 Å². The number of hydrogen-bond donors (Lipinski definition) is 0. The summed E-state index contributed by atoms with van der Waals surface area (Å²) in [6.45, 7) is 3.69. The van der Waals surface area contributed by atoms with Crippen LogP contribution >= 0.6 is 0 Å². The monoisotopic (exact) mass is 303 g/mol. The maximum atomic E-state index is 13.3. The lowest BCUT2D eigenvalue weighted by molar-refractivity contribution is 0.147. The largest absolute Gasteiger partial charge is 0.444 e. The Morgan fingerprint density at radius 1 is 1.14 bits per heavy atom. The van der Waals surface area contributed by atoms with Crippen molar-refractivity contribution in [2.45, 2.75) is 6.61 Å². The third-order valence-corrected chi connectivity index (χ3v) is 2.90. The highest BCUT2D eigenvalue weighted by Crippen LogP contribution is 2.19. The summed E-state index contributed by atoms with van der Waals surface area (Å²) < 4.78 is 31.8. The second-order valence-corrected chi connectivity index (χ2v) is 4.57. The number of nitrogens with zero attached hydrogens (tertiary/aromatic N) is 1. The Labute approximate surface area is 127 Å². The van der Waals surface area contributed by atoms with Gasteiger partial charge in [0.1, 0.15) is 18.2 Å². The van der Waals surface area contributed by atoms with E-state index in [1.165, 1.54) is 6.08 Å². The van der Waals surface area contributed by atoms with Crippen LogP contribution in [-0.2, 0) is 11.3 Å². The van der Waals surface area contributed by atoms with E-state index in [1.54, 1.807) is 0 Å². The average molecular weight is 303 g/mol. The third kappa shape index (κ3) is 4.15. The van der Waals surface area contributed by atoms with Crippen molar-refractivity contribution in [2.24, 2.45) is 0 Å². The van der Waals surface area contributed by atoms with E-state index in [0.717, 1.165) is 28.7 Å². The van der Waals surface area contributed by atoms with Gasteiger partial charge in [-0.05, 0) is 17.7 Å². The van der Waals surface area contributed by atoms with Crippen molar-refractivity contribution in [1.29, 1.82) is 0 Å². The van der Waals surface area contributed by atoms with Crippen molar-refractivity contribution < 1.29 is 18.3 Å². The van der Waals surface area contributed by atoms with Crippen LogP contribution in [0.3, 0.4) is 0 Å². The molecule has 22 heavy (non-hydrogen) atoms. The molecule has 0 atom stereocenters. The Bertz CT molecular complexity index is 639. The maximum absolute atomic E-state index is 13.3. The van der Waals surface area contributed by atoms with Gasteiger partial charge in [-0.1, -0.05) is 36.4 Å². The van der Waals surface area contributed by atoms with Crippen LogP contribution in [0.15, 0.2) is 61.2 Å². The number of carbonyl (C=O) groups is 1. The fourth-order valence-electron chi connectivity index (χ4n) is 1.91. The minimum absolute atomic E-state index is 0.0745. The molecule has 2 aromatic carbocycles. The molecule has 0 radical (unpaired) electrons. The summed E-state index contributed by atoms with van der Waals surface area (Å²) in [5.74, 6) is -1.53. The second kappa shape index (κ2) is 7.36. The summed E-state index contributed by atoms with van der Waals surface area (Å²) >= 11 is 0. The molecule has 0 saturated heterocycles. The van der Waals surface area contributed by atoms with Crippen molar-refractivity contribution in [1.82, 2.24) is 0 Å². The van der Waals surface area contributed by atoms with E-state index in [1.807, 2.05) is 30.3 Å². The molecule has 0 fully saturated rings. The van der Waals surface area contributed by atoms with Crippen molar-refractivity contribution >= 4 is 11.8 Å². The molecule has 5 heteroatoms. The molecule has 1 amide bonds. The van der Waals surface area contributed by atoms with Gasteiger partial charge in [0, 0.05) is 12.6 Å². The molecular weight excluding hydrogens is 288 g/mol. The van der Waals surface area contributed by atoms with E-state index in [9.17, 15) is 13.6 Å².